The molecule has 5 heteroatoms. The van der Waals surface area contributed by atoms with Gasteiger partial charge in [-0.15, -0.1) is 5.10 Å². The fourth-order valence-corrected chi connectivity index (χ4v) is 2.80. The van der Waals surface area contributed by atoms with Crippen LogP contribution in [0.3, 0.4) is 0 Å². The third-order valence-corrected chi connectivity index (χ3v) is 4.37. The van der Waals surface area contributed by atoms with Gasteiger partial charge >= 0.3 is 0 Å². The van der Waals surface area contributed by atoms with Crippen molar-refractivity contribution in [1.29, 1.82) is 0 Å². The largest absolute Gasteiger partial charge is 0.476 e. The normalized spacial score (nSPS) is 11.1. The average Bonchev–Trinajstić information content (AvgIpc) is 3.04. The highest BCUT2D eigenvalue weighted by Gasteiger charge is 2.13. The van der Waals surface area contributed by atoms with Gasteiger partial charge < -0.3 is 9.64 Å². The Morgan fingerprint density at radius 1 is 1.04 bits per heavy atom. The lowest BCUT2D eigenvalue weighted by Gasteiger charge is -2.10. The van der Waals surface area contributed by atoms with Crippen LogP contribution >= 0.6 is 11.6 Å². The van der Waals surface area contributed by atoms with E-state index in [1.165, 1.54) is 5.56 Å². The minimum atomic E-state index is 0.634. The Morgan fingerprint density at radius 2 is 1.73 bits per heavy atom. The molecule has 0 unspecified atom stereocenters. The molecule has 136 valence electrons. The Balaban J connectivity index is 1.89. The standard InChI is InChI=1S/C21H24ClN3O/c1-16-5-7-17(8-6-16)20-15-25(19-11-9-18(22)10-12-19)23-21(20)26-14-4-13-24(2)3/h5-12,15H,4,13-14H2,1-3H3. The fraction of sp³-hybridized carbons (Fsp3) is 0.286. The van der Waals surface area contributed by atoms with Gasteiger partial charge in [-0.3, -0.25) is 0 Å². The molecule has 26 heavy (non-hydrogen) atoms. The number of aromatic nitrogens is 2. The van der Waals surface area contributed by atoms with Crippen LogP contribution in [0.4, 0.5) is 0 Å². The van der Waals surface area contributed by atoms with E-state index < -0.39 is 0 Å². The van der Waals surface area contributed by atoms with Crippen molar-refractivity contribution in [3.63, 3.8) is 0 Å². The summed E-state index contributed by atoms with van der Waals surface area (Å²) in [6, 6.07) is 16.0. The number of hydrogen-bond acceptors (Lipinski definition) is 3. The highest BCUT2D eigenvalue weighted by molar-refractivity contribution is 6.30. The second-order valence-corrected chi connectivity index (χ2v) is 7.08. The molecule has 0 saturated heterocycles. The van der Waals surface area contributed by atoms with Gasteiger partial charge in [-0.2, -0.15) is 0 Å². The Bertz CT molecular complexity index is 839. The van der Waals surface area contributed by atoms with E-state index in [9.17, 15) is 0 Å². The maximum absolute atomic E-state index is 6.01. The monoisotopic (exact) mass is 369 g/mol. The SMILES string of the molecule is Cc1ccc(-c2cn(-c3ccc(Cl)cc3)nc2OCCCN(C)C)cc1. The zero-order valence-corrected chi connectivity index (χ0v) is 16.2. The molecular formula is C21H24ClN3O. The van der Waals surface area contributed by atoms with Crippen LogP contribution in [0, 0.1) is 6.92 Å². The predicted molar refractivity (Wildman–Crippen MR) is 107 cm³/mol. The third-order valence-electron chi connectivity index (χ3n) is 4.12. The summed E-state index contributed by atoms with van der Waals surface area (Å²) in [6.45, 7) is 3.70. The Morgan fingerprint density at radius 3 is 2.38 bits per heavy atom. The van der Waals surface area contributed by atoms with Gasteiger partial charge in [0.1, 0.15) is 0 Å². The summed E-state index contributed by atoms with van der Waals surface area (Å²) in [5.74, 6) is 0.655. The molecular weight excluding hydrogens is 346 g/mol. The lowest BCUT2D eigenvalue weighted by Crippen LogP contribution is -2.15. The second-order valence-electron chi connectivity index (χ2n) is 6.64. The van der Waals surface area contributed by atoms with E-state index in [0.29, 0.717) is 17.5 Å². The second kappa shape index (κ2) is 8.39. The molecule has 0 N–H and O–H groups in total. The first kappa shape index (κ1) is 18.5. The first-order chi connectivity index (χ1) is 12.5. The predicted octanol–water partition coefficient (Wildman–Crippen LogP) is 4.83. The van der Waals surface area contributed by atoms with Crippen molar-refractivity contribution in [1.82, 2.24) is 14.7 Å². The molecule has 0 fully saturated rings. The van der Waals surface area contributed by atoms with Gasteiger partial charge in [-0.25, -0.2) is 4.68 Å². The summed E-state index contributed by atoms with van der Waals surface area (Å²) in [7, 11) is 4.12. The number of benzene rings is 2. The van der Waals surface area contributed by atoms with Crippen LogP contribution in [0.25, 0.3) is 16.8 Å². The van der Waals surface area contributed by atoms with E-state index in [4.69, 9.17) is 16.3 Å². The number of rotatable bonds is 7. The Labute approximate surface area is 160 Å². The molecule has 0 aliphatic rings. The van der Waals surface area contributed by atoms with Gasteiger partial charge in [0, 0.05) is 17.8 Å². The summed E-state index contributed by atoms with van der Waals surface area (Å²) in [5.41, 5.74) is 4.27. The highest BCUT2D eigenvalue weighted by atomic mass is 35.5. The molecule has 0 saturated carbocycles. The lowest BCUT2D eigenvalue weighted by atomic mass is 10.1. The van der Waals surface area contributed by atoms with E-state index >= 15 is 0 Å². The van der Waals surface area contributed by atoms with Crippen molar-refractivity contribution < 1.29 is 4.74 Å². The fourth-order valence-electron chi connectivity index (χ4n) is 2.67. The molecule has 0 radical (unpaired) electrons. The van der Waals surface area contributed by atoms with Crippen molar-refractivity contribution >= 4 is 11.6 Å². The van der Waals surface area contributed by atoms with Crippen LogP contribution in [0.5, 0.6) is 5.88 Å². The number of aryl methyl sites for hydroxylation is 1. The first-order valence-electron chi connectivity index (χ1n) is 8.73. The van der Waals surface area contributed by atoms with Crippen LogP contribution in [0.2, 0.25) is 5.02 Å². The molecule has 0 amide bonds. The van der Waals surface area contributed by atoms with Crippen LogP contribution in [0.1, 0.15) is 12.0 Å². The van der Waals surface area contributed by atoms with E-state index in [-0.39, 0.29) is 0 Å². The van der Waals surface area contributed by atoms with Gasteiger partial charge in [-0.1, -0.05) is 41.4 Å². The molecule has 1 aromatic heterocycles. The molecule has 0 bridgehead atoms. The highest BCUT2D eigenvalue weighted by Crippen LogP contribution is 2.30. The zero-order chi connectivity index (χ0) is 18.5. The average molecular weight is 370 g/mol. The third kappa shape index (κ3) is 4.65. The Kier molecular flexibility index (Phi) is 5.96. The van der Waals surface area contributed by atoms with Crippen LogP contribution < -0.4 is 4.74 Å². The van der Waals surface area contributed by atoms with Crippen LogP contribution in [-0.4, -0.2) is 41.9 Å². The summed E-state index contributed by atoms with van der Waals surface area (Å²) in [5, 5.41) is 5.37. The molecule has 2 aromatic carbocycles. The Hall–Kier alpha value is -2.30. The first-order valence-corrected chi connectivity index (χ1v) is 9.11. The summed E-state index contributed by atoms with van der Waals surface area (Å²) >= 11 is 6.00. The molecule has 0 aliphatic carbocycles. The number of hydrogen-bond donors (Lipinski definition) is 0. The number of halogens is 1. The number of nitrogens with zero attached hydrogens (tertiary/aromatic N) is 3. The van der Waals surface area contributed by atoms with E-state index in [1.807, 2.05) is 35.1 Å². The van der Waals surface area contributed by atoms with E-state index in [0.717, 1.165) is 29.8 Å². The molecule has 0 atom stereocenters. The molecule has 0 spiro atoms. The summed E-state index contributed by atoms with van der Waals surface area (Å²) < 4.78 is 7.85. The molecule has 3 rings (SSSR count). The maximum atomic E-state index is 6.01. The minimum absolute atomic E-state index is 0.634. The smallest absolute Gasteiger partial charge is 0.241 e. The van der Waals surface area contributed by atoms with Gasteiger partial charge in [0.15, 0.2) is 0 Å². The van der Waals surface area contributed by atoms with Gasteiger partial charge in [-0.05, 0) is 57.3 Å². The van der Waals surface area contributed by atoms with E-state index in [1.54, 1.807) is 0 Å². The minimum Gasteiger partial charge on any atom is -0.476 e. The van der Waals surface area contributed by atoms with E-state index in [2.05, 4.69) is 55.3 Å². The van der Waals surface area contributed by atoms with Crippen LogP contribution in [-0.2, 0) is 0 Å². The van der Waals surface area contributed by atoms with Crippen molar-refractivity contribution in [3.8, 4) is 22.7 Å². The van der Waals surface area contributed by atoms with Crippen LogP contribution in [0.15, 0.2) is 54.7 Å². The zero-order valence-electron chi connectivity index (χ0n) is 15.4. The van der Waals surface area contributed by atoms with Crippen molar-refractivity contribution in [2.75, 3.05) is 27.2 Å². The van der Waals surface area contributed by atoms with Gasteiger partial charge in [0.2, 0.25) is 5.88 Å². The summed E-state index contributed by atoms with van der Waals surface area (Å²) in [4.78, 5) is 2.15. The molecule has 0 aliphatic heterocycles. The lowest BCUT2D eigenvalue weighted by molar-refractivity contribution is 0.273. The molecule has 3 aromatic rings. The number of ether oxygens (including phenoxy) is 1. The van der Waals surface area contributed by atoms with Gasteiger partial charge in [0.25, 0.3) is 0 Å². The van der Waals surface area contributed by atoms with Crippen molar-refractivity contribution in [2.45, 2.75) is 13.3 Å². The molecule has 1 heterocycles. The molecule has 4 nitrogen and oxygen atoms in total. The van der Waals surface area contributed by atoms with Crippen molar-refractivity contribution in [2.24, 2.45) is 0 Å². The quantitative estimate of drug-likeness (QED) is 0.559. The maximum Gasteiger partial charge on any atom is 0.241 e. The topological polar surface area (TPSA) is 30.3 Å². The van der Waals surface area contributed by atoms with Gasteiger partial charge in [0.05, 0.1) is 17.9 Å². The van der Waals surface area contributed by atoms with Crippen molar-refractivity contribution in [3.05, 3.63) is 65.3 Å². The summed E-state index contributed by atoms with van der Waals surface area (Å²) in [6.07, 6.45) is 2.96.